The summed E-state index contributed by atoms with van der Waals surface area (Å²) in [4.78, 5) is 11.4. The van der Waals surface area contributed by atoms with Gasteiger partial charge in [0.2, 0.25) is 0 Å². The van der Waals surface area contributed by atoms with E-state index in [4.69, 9.17) is 9.47 Å². The molecule has 0 bridgehead atoms. The van der Waals surface area contributed by atoms with Crippen molar-refractivity contribution < 1.29 is 14.3 Å². The maximum Gasteiger partial charge on any atom is 0.262 e. The van der Waals surface area contributed by atoms with E-state index in [1.54, 1.807) is 0 Å². The molecule has 0 aliphatic carbocycles. The minimum atomic E-state index is -0.0983. The molecule has 3 rings (SSSR count). The Morgan fingerprint density at radius 2 is 2.26 bits per heavy atom. The molecule has 1 aromatic rings. The minimum absolute atomic E-state index is 0.0697. The number of benzene rings is 1. The summed E-state index contributed by atoms with van der Waals surface area (Å²) < 4.78 is 10.8. The molecular formula is C14H18N2O3. The van der Waals surface area contributed by atoms with Gasteiger partial charge in [-0.2, -0.15) is 0 Å². The second kappa shape index (κ2) is 4.83. The van der Waals surface area contributed by atoms with E-state index in [2.05, 4.69) is 16.7 Å². The van der Waals surface area contributed by atoms with Crippen molar-refractivity contribution in [3.8, 4) is 5.75 Å². The number of hydrogen-bond acceptors (Lipinski definition) is 4. The Labute approximate surface area is 112 Å². The van der Waals surface area contributed by atoms with Crippen LogP contribution in [0.15, 0.2) is 18.2 Å². The van der Waals surface area contributed by atoms with E-state index >= 15 is 0 Å². The molecule has 1 saturated heterocycles. The van der Waals surface area contributed by atoms with Crippen LogP contribution in [0.1, 0.15) is 12.0 Å². The van der Waals surface area contributed by atoms with Crippen molar-refractivity contribution in [2.75, 3.05) is 38.7 Å². The maximum atomic E-state index is 11.4. The van der Waals surface area contributed by atoms with Gasteiger partial charge in [-0.05, 0) is 37.7 Å². The fraction of sp³-hybridized carbons (Fsp3) is 0.500. The highest BCUT2D eigenvalue weighted by Crippen LogP contribution is 2.39. The molecule has 0 unspecified atom stereocenters. The summed E-state index contributed by atoms with van der Waals surface area (Å²) in [5.74, 6) is 0.645. The van der Waals surface area contributed by atoms with Crippen LogP contribution in [0.25, 0.3) is 0 Å². The molecule has 1 fully saturated rings. The van der Waals surface area contributed by atoms with Gasteiger partial charge >= 0.3 is 0 Å². The Balaban J connectivity index is 1.88. The third-order valence-electron chi connectivity index (χ3n) is 3.84. The van der Waals surface area contributed by atoms with Crippen LogP contribution in [0, 0.1) is 0 Å². The second-order valence-electron chi connectivity index (χ2n) is 5.17. The van der Waals surface area contributed by atoms with E-state index < -0.39 is 0 Å². The van der Waals surface area contributed by atoms with E-state index in [-0.39, 0.29) is 17.9 Å². The molecule has 2 aliphatic rings. The number of fused-ring (bicyclic) bond motifs is 1. The lowest BCUT2D eigenvalue weighted by Crippen LogP contribution is -2.48. The Hall–Kier alpha value is -1.59. The predicted molar refractivity (Wildman–Crippen MR) is 71.6 cm³/mol. The van der Waals surface area contributed by atoms with Crippen molar-refractivity contribution in [1.29, 1.82) is 0 Å². The van der Waals surface area contributed by atoms with Gasteiger partial charge in [0.25, 0.3) is 5.91 Å². The number of rotatable bonds is 4. The molecule has 0 radical (unpaired) electrons. The molecule has 2 heterocycles. The zero-order chi connectivity index (χ0) is 13.3. The summed E-state index contributed by atoms with van der Waals surface area (Å²) in [6.45, 7) is 2.52. The third kappa shape index (κ3) is 2.19. The standard InChI is InChI=1S/C14H18N2O3/c1-15-5-4-14(8-18-9-14)10-2-3-12-11(6-10)16-13(17)7-19-12/h2-3,6,15H,4-5,7-9H2,1H3,(H,16,17). The van der Waals surface area contributed by atoms with E-state index in [1.807, 2.05) is 19.2 Å². The highest BCUT2D eigenvalue weighted by Gasteiger charge is 2.40. The largest absolute Gasteiger partial charge is 0.482 e. The number of nitrogens with one attached hydrogen (secondary N) is 2. The summed E-state index contributed by atoms with van der Waals surface area (Å²) in [5, 5.41) is 6.04. The lowest BCUT2D eigenvalue weighted by Gasteiger charge is -2.42. The van der Waals surface area contributed by atoms with E-state index in [0.29, 0.717) is 0 Å². The van der Waals surface area contributed by atoms with Crippen molar-refractivity contribution in [2.45, 2.75) is 11.8 Å². The fourth-order valence-electron chi connectivity index (χ4n) is 2.58. The number of carbonyl (C=O) groups excluding carboxylic acids is 1. The second-order valence-corrected chi connectivity index (χ2v) is 5.17. The van der Waals surface area contributed by atoms with Crippen LogP contribution in [0.2, 0.25) is 0 Å². The van der Waals surface area contributed by atoms with Gasteiger partial charge in [-0.1, -0.05) is 6.07 Å². The quantitative estimate of drug-likeness (QED) is 0.846. The molecule has 5 nitrogen and oxygen atoms in total. The molecule has 102 valence electrons. The summed E-state index contributed by atoms with van der Waals surface area (Å²) >= 11 is 0. The van der Waals surface area contributed by atoms with Crippen molar-refractivity contribution >= 4 is 11.6 Å². The van der Waals surface area contributed by atoms with E-state index in [0.717, 1.165) is 37.6 Å². The molecule has 19 heavy (non-hydrogen) atoms. The molecule has 0 atom stereocenters. The first-order valence-electron chi connectivity index (χ1n) is 6.53. The van der Waals surface area contributed by atoms with Gasteiger partial charge in [0, 0.05) is 5.41 Å². The number of anilines is 1. The molecule has 0 aromatic heterocycles. The summed E-state index contributed by atoms with van der Waals surface area (Å²) in [7, 11) is 1.95. The first-order valence-corrected chi connectivity index (χ1v) is 6.53. The molecule has 2 N–H and O–H groups in total. The zero-order valence-electron chi connectivity index (χ0n) is 11.0. The normalized spacial score (nSPS) is 19.9. The molecule has 0 saturated carbocycles. The van der Waals surface area contributed by atoms with E-state index in [9.17, 15) is 4.79 Å². The van der Waals surface area contributed by atoms with E-state index in [1.165, 1.54) is 5.56 Å². The topological polar surface area (TPSA) is 59.6 Å². The van der Waals surface area contributed by atoms with Crippen LogP contribution >= 0.6 is 0 Å². The average molecular weight is 262 g/mol. The van der Waals surface area contributed by atoms with Gasteiger partial charge in [-0.3, -0.25) is 4.79 Å². The minimum Gasteiger partial charge on any atom is -0.482 e. The lowest BCUT2D eigenvalue weighted by atomic mass is 9.75. The number of carbonyl (C=O) groups is 1. The van der Waals surface area contributed by atoms with Gasteiger partial charge in [-0.25, -0.2) is 0 Å². The van der Waals surface area contributed by atoms with Crippen molar-refractivity contribution in [2.24, 2.45) is 0 Å². The number of amides is 1. The van der Waals surface area contributed by atoms with Gasteiger partial charge in [0.05, 0.1) is 18.9 Å². The zero-order valence-corrected chi connectivity index (χ0v) is 11.0. The third-order valence-corrected chi connectivity index (χ3v) is 3.84. The first-order chi connectivity index (χ1) is 9.23. The van der Waals surface area contributed by atoms with Gasteiger partial charge in [0.1, 0.15) is 5.75 Å². The van der Waals surface area contributed by atoms with Crippen LogP contribution in [-0.4, -0.2) is 39.3 Å². The Bertz CT molecular complexity index is 497. The molecule has 1 amide bonds. The van der Waals surface area contributed by atoms with Crippen LogP contribution in [-0.2, 0) is 14.9 Å². The monoisotopic (exact) mass is 262 g/mol. The maximum absolute atomic E-state index is 11.4. The molecular weight excluding hydrogens is 244 g/mol. The highest BCUT2D eigenvalue weighted by molar-refractivity contribution is 5.95. The SMILES string of the molecule is CNCCC1(c2ccc3c(c2)NC(=O)CO3)COC1. The molecule has 5 heteroatoms. The van der Waals surface area contributed by atoms with Gasteiger partial charge < -0.3 is 20.1 Å². The van der Waals surface area contributed by atoms with Gasteiger partial charge in [-0.15, -0.1) is 0 Å². The molecule has 0 spiro atoms. The summed E-state index contributed by atoms with van der Waals surface area (Å²) in [6, 6.07) is 6.03. The van der Waals surface area contributed by atoms with Crippen LogP contribution in [0.5, 0.6) is 5.75 Å². The van der Waals surface area contributed by atoms with Crippen molar-refractivity contribution in [3.63, 3.8) is 0 Å². The highest BCUT2D eigenvalue weighted by atomic mass is 16.5. The Morgan fingerprint density at radius 3 is 2.95 bits per heavy atom. The lowest BCUT2D eigenvalue weighted by molar-refractivity contribution is -0.118. The van der Waals surface area contributed by atoms with Crippen LogP contribution < -0.4 is 15.4 Å². The number of ether oxygens (including phenoxy) is 2. The molecule has 2 aliphatic heterocycles. The average Bonchev–Trinajstić information content (AvgIpc) is 2.37. The smallest absolute Gasteiger partial charge is 0.262 e. The van der Waals surface area contributed by atoms with Crippen LogP contribution in [0.3, 0.4) is 0 Å². The van der Waals surface area contributed by atoms with Crippen LogP contribution in [0.4, 0.5) is 5.69 Å². The number of hydrogen-bond donors (Lipinski definition) is 2. The summed E-state index contributed by atoms with van der Waals surface area (Å²) in [6.07, 6.45) is 1.02. The van der Waals surface area contributed by atoms with Crippen molar-refractivity contribution in [1.82, 2.24) is 5.32 Å². The summed E-state index contributed by atoms with van der Waals surface area (Å²) in [5.41, 5.74) is 2.04. The first kappa shape index (κ1) is 12.4. The van der Waals surface area contributed by atoms with Crippen molar-refractivity contribution in [3.05, 3.63) is 23.8 Å². The predicted octanol–water partition coefficient (Wildman–Crippen LogP) is 0.895. The Kier molecular flexibility index (Phi) is 3.16. The molecule has 1 aromatic carbocycles. The fourth-order valence-corrected chi connectivity index (χ4v) is 2.58. The Morgan fingerprint density at radius 1 is 1.42 bits per heavy atom. The van der Waals surface area contributed by atoms with Gasteiger partial charge in [0.15, 0.2) is 6.61 Å².